The highest BCUT2D eigenvalue weighted by molar-refractivity contribution is 7.13. The largest absolute Gasteiger partial charge is 0.338 e. The van der Waals surface area contributed by atoms with E-state index >= 15 is 0 Å². The monoisotopic (exact) mass is 442 g/mol. The van der Waals surface area contributed by atoms with Crippen molar-refractivity contribution in [3.63, 3.8) is 0 Å². The molecule has 2 amide bonds. The van der Waals surface area contributed by atoms with Gasteiger partial charge in [-0.05, 0) is 44.0 Å². The minimum absolute atomic E-state index is 0.147. The number of likely N-dealkylation sites (tertiary alicyclic amines) is 1. The van der Waals surface area contributed by atoms with E-state index in [1.165, 1.54) is 22.3 Å². The molecule has 0 aliphatic carbocycles. The lowest BCUT2D eigenvalue weighted by molar-refractivity contribution is 0.0696. The summed E-state index contributed by atoms with van der Waals surface area (Å²) in [6.45, 7) is 2.63. The molecule has 1 aliphatic heterocycles. The third kappa shape index (κ3) is 4.61. The van der Waals surface area contributed by atoms with Gasteiger partial charge in [0.25, 0.3) is 11.8 Å². The quantitative estimate of drug-likeness (QED) is 0.650. The van der Waals surface area contributed by atoms with E-state index in [1.807, 2.05) is 31.2 Å². The smallest absolute Gasteiger partial charge is 0.286 e. The van der Waals surface area contributed by atoms with Crippen LogP contribution < -0.4 is 5.32 Å². The Morgan fingerprint density at radius 3 is 2.52 bits per heavy atom. The number of nitrogens with zero attached hydrogens (tertiary/aromatic N) is 3. The van der Waals surface area contributed by atoms with Gasteiger partial charge in [-0.1, -0.05) is 35.1 Å². The van der Waals surface area contributed by atoms with Gasteiger partial charge < -0.3 is 10.2 Å². The Morgan fingerprint density at radius 2 is 1.81 bits per heavy atom. The lowest BCUT2D eigenvalue weighted by Crippen LogP contribution is -2.39. The van der Waals surface area contributed by atoms with Crippen molar-refractivity contribution in [3.8, 4) is 0 Å². The molecule has 2 heterocycles. The average Bonchev–Trinajstić information content (AvgIpc) is 3.26. The van der Waals surface area contributed by atoms with Crippen LogP contribution >= 0.6 is 11.3 Å². The Balaban J connectivity index is 1.45. The summed E-state index contributed by atoms with van der Waals surface area (Å²) >= 11 is 1.17. The van der Waals surface area contributed by atoms with Crippen molar-refractivity contribution in [2.24, 2.45) is 0 Å². The topological polar surface area (TPSA) is 75.2 Å². The normalized spacial score (nSPS) is 16.2. The van der Waals surface area contributed by atoms with E-state index in [2.05, 4.69) is 15.5 Å². The summed E-state index contributed by atoms with van der Waals surface area (Å²) in [6.07, 6.45) is 1.41. The van der Waals surface area contributed by atoms with Crippen LogP contribution in [0.4, 0.5) is 14.5 Å². The standard InChI is InChI=1S/C22H20F2N4O2S/c1-13-7-9-15(10-8-13)25-19(29)21-27-26-20(31-21)14-4-3-11-28(12-14)22(30)18-16(23)5-2-6-17(18)24/h2,5-10,14H,3-4,11-12H2,1H3,(H,25,29)/t14-/m0/s1. The third-order valence-electron chi connectivity index (χ3n) is 5.18. The van der Waals surface area contributed by atoms with E-state index in [1.54, 1.807) is 0 Å². The van der Waals surface area contributed by atoms with Crippen LogP contribution in [0.2, 0.25) is 0 Å². The van der Waals surface area contributed by atoms with Gasteiger partial charge in [-0.25, -0.2) is 8.78 Å². The first-order valence-corrected chi connectivity index (χ1v) is 10.7. The van der Waals surface area contributed by atoms with E-state index in [0.717, 1.165) is 24.1 Å². The number of benzene rings is 2. The number of carbonyl (C=O) groups excluding carboxylic acids is 2. The third-order valence-corrected chi connectivity index (χ3v) is 6.26. The zero-order valence-corrected chi connectivity index (χ0v) is 17.6. The van der Waals surface area contributed by atoms with Crippen LogP contribution in [0, 0.1) is 18.6 Å². The Bertz CT molecular complexity index is 1100. The molecule has 31 heavy (non-hydrogen) atoms. The molecule has 1 N–H and O–H groups in total. The Hall–Kier alpha value is -3.20. The van der Waals surface area contributed by atoms with Crippen LogP contribution in [0.1, 0.15) is 49.5 Å². The summed E-state index contributed by atoms with van der Waals surface area (Å²) in [7, 11) is 0. The van der Waals surface area contributed by atoms with Gasteiger partial charge in [-0.15, -0.1) is 10.2 Å². The predicted molar refractivity (Wildman–Crippen MR) is 113 cm³/mol. The molecule has 2 aromatic carbocycles. The number of nitrogens with one attached hydrogen (secondary N) is 1. The van der Waals surface area contributed by atoms with Crippen molar-refractivity contribution < 1.29 is 18.4 Å². The van der Waals surface area contributed by atoms with E-state index in [4.69, 9.17) is 0 Å². The highest BCUT2D eigenvalue weighted by atomic mass is 32.1. The molecular weight excluding hydrogens is 422 g/mol. The number of hydrogen-bond acceptors (Lipinski definition) is 5. The summed E-state index contributed by atoms with van der Waals surface area (Å²) in [5.41, 5.74) is 1.20. The molecule has 160 valence electrons. The molecule has 1 fully saturated rings. The Kier molecular flexibility index (Phi) is 6.03. The molecule has 1 saturated heterocycles. The molecule has 9 heteroatoms. The summed E-state index contributed by atoms with van der Waals surface area (Å²) in [6, 6.07) is 10.8. The van der Waals surface area contributed by atoms with Crippen molar-refractivity contribution in [3.05, 3.63) is 75.2 Å². The molecule has 1 aromatic heterocycles. The number of rotatable bonds is 4. The lowest BCUT2D eigenvalue weighted by Gasteiger charge is -2.31. The zero-order chi connectivity index (χ0) is 22.0. The molecule has 1 atom stereocenters. The van der Waals surface area contributed by atoms with Crippen molar-refractivity contribution in [2.75, 3.05) is 18.4 Å². The first kappa shape index (κ1) is 21.0. The van der Waals surface area contributed by atoms with Crippen molar-refractivity contribution >= 4 is 28.8 Å². The molecule has 0 unspecified atom stereocenters. The lowest BCUT2D eigenvalue weighted by atomic mass is 9.98. The summed E-state index contributed by atoms with van der Waals surface area (Å²) in [5, 5.41) is 11.8. The number of piperidine rings is 1. The minimum Gasteiger partial charge on any atom is -0.338 e. The zero-order valence-electron chi connectivity index (χ0n) is 16.8. The number of halogens is 2. The maximum absolute atomic E-state index is 14.0. The Labute approximate surface area is 181 Å². The fraction of sp³-hybridized carbons (Fsp3) is 0.273. The second kappa shape index (κ2) is 8.89. The highest BCUT2D eigenvalue weighted by Crippen LogP contribution is 2.30. The molecular formula is C22H20F2N4O2S. The highest BCUT2D eigenvalue weighted by Gasteiger charge is 2.30. The average molecular weight is 442 g/mol. The minimum atomic E-state index is -0.877. The van der Waals surface area contributed by atoms with Gasteiger partial charge in [-0.3, -0.25) is 9.59 Å². The maximum Gasteiger partial charge on any atom is 0.286 e. The fourth-order valence-electron chi connectivity index (χ4n) is 3.54. The van der Waals surface area contributed by atoms with E-state index < -0.39 is 23.1 Å². The van der Waals surface area contributed by atoms with Crippen LogP contribution in [0.3, 0.4) is 0 Å². The SMILES string of the molecule is Cc1ccc(NC(=O)c2nnc([C@H]3CCCN(C(=O)c4c(F)cccc4F)C3)s2)cc1. The molecule has 3 aromatic rings. The van der Waals surface area contributed by atoms with E-state index in [0.29, 0.717) is 23.7 Å². The van der Waals surface area contributed by atoms with Gasteiger partial charge in [-0.2, -0.15) is 0 Å². The number of aromatic nitrogens is 2. The molecule has 6 nitrogen and oxygen atoms in total. The number of anilines is 1. The van der Waals surface area contributed by atoms with Gasteiger partial charge in [0.05, 0.1) is 0 Å². The molecule has 0 spiro atoms. The molecule has 1 aliphatic rings. The van der Waals surface area contributed by atoms with E-state index in [-0.39, 0.29) is 23.4 Å². The van der Waals surface area contributed by atoms with Gasteiger partial charge in [0.2, 0.25) is 5.01 Å². The second-order valence-electron chi connectivity index (χ2n) is 7.45. The first-order chi connectivity index (χ1) is 14.9. The first-order valence-electron chi connectivity index (χ1n) is 9.87. The number of carbonyl (C=O) groups is 2. The van der Waals surface area contributed by atoms with Gasteiger partial charge in [0.15, 0.2) is 0 Å². The second-order valence-corrected chi connectivity index (χ2v) is 8.46. The van der Waals surface area contributed by atoms with Crippen LogP contribution in [-0.4, -0.2) is 40.0 Å². The summed E-state index contributed by atoms with van der Waals surface area (Å²) in [4.78, 5) is 26.6. The molecule has 0 saturated carbocycles. The van der Waals surface area contributed by atoms with Gasteiger partial charge in [0.1, 0.15) is 22.2 Å². The van der Waals surface area contributed by atoms with Gasteiger partial charge >= 0.3 is 0 Å². The van der Waals surface area contributed by atoms with Crippen LogP contribution in [0.15, 0.2) is 42.5 Å². The van der Waals surface area contributed by atoms with Crippen LogP contribution in [-0.2, 0) is 0 Å². The van der Waals surface area contributed by atoms with Crippen molar-refractivity contribution in [2.45, 2.75) is 25.7 Å². The van der Waals surface area contributed by atoms with Crippen molar-refractivity contribution in [1.29, 1.82) is 0 Å². The number of hydrogen-bond donors (Lipinski definition) is 1. The van der Waals surface area contributed by atoms with Crippen LogP contribution in [0.5, 0.6) is 0 Å². The van der Waals surface area contributed by atoms with Crippen LogP contribution in [0.25, 0.3) is 0 Å². The number of amides is 2. The maximum atomic E-state index is 14.0. The fourth-order valence-corrected chi connectivity index (χ4v) is 4.40. The molecule has 4 rings (SSSR count). The Morgan fingerprint density at radius 1 is 1.10 bits per heavy atom. The van der Waals surface area contributed by atoms with Crippen molar-refractivity contribution in [1.82, 2.24) is 15.1 Å². The summed E-state index contributed by atoms with van der Waals surface area (Å²) < 4.78 is 28.0. The molecule has 0 radical (unpaired) electrons. The molecule has 0 bridgehead atoms. The summed E-state index contributed by atoms with van der Waals surface area (Å²) in [5.74, 6) is -2.94. The number of aryl methyl sites for hydroxylation is 1. The predicted octanol–water partition coefficient (Wildman–Crippen LogP) is 4.40. The van der Waals surface area contributed by atoms with E-state index in [9.17, 15) is 18.4 Å². The van der Waals surface area contributed by atoms with Gasteiger partial charge in [0, 0.05) is 24.7 Å².